The van der Waals surface area contributed by atoms with Crippen LogP contribution in [0.1, 0.15) is 6.42 Å². The van der Waals surface area contributed by atoms with Gasteiger partial charge in [0.2, 0.25) is 0 Å². The summed E-state index contributed by atoms with van der Waals surface area (Å²) in [4.78, 5) is 14.6. The molecule has 0 atom stereocenters. The van der Waals surface area contributed by atoms with Crippen molar-refractivity contribution in [2.45, 2.75) is 6.42 Å². The van der Waals surface area contributed by atoms with E-state index in [1.807, 2.05) is 18.2 Å². The maximum absolute atomic E-state index is 10.5. The zero-order valence-electron chi connectivity index (χ0n) is 5.95. The van der Waals surface area contributed by atoms with E-state index in [0.717, 1.165) is 29.6 Å². The van der Waals surface area contributed by atoms with Gasteiger partial charge in [0.15, 0.2) is 0 Å². The third kappa shape index (κ3) is 0.871. The van der Waals surface area contributed by atoms with Gasteiger partial charge in [-0.2, -0.15) is 0 Å². The summed E-state index contributed by atoms with van der Waals surface area (Å²) < 4.78 is 0. The lowest BCUT2D eigenvalue weighted by Gasteiger charge is -2.06. The smallest absolute Gasteiger partial charge is 0.147 e. The van der Waals surface area contributed by atoms with Crippen molar-refractivity contribution < 1.29 is 4.79 Å². The Labute approximate surface area is 64.6 Å². The first-order valence-corrected chi connectivity index (χ1v) is 3.51. The number of carbonyl (C=O) groups excluding carboxylic acids is 1. The molecule has 0 spiro atoms. The van der Waals surface area contributed by atoms with Crippen molar-refractivity contribution in [3.63, 3.8) is 0 Å². The first-order chi connectivity index (χ1) is 5.42. The van der Waals surface area contributed by atoms with Crippen LogP contribution in [0.25, 0.3) is 0 Å². The summed E-state index contributed by atoms with van der Waals surface area (Å²) in [6.07, 6.45) is 9.15. The van der Waals surface area contributed by atoms with E-state index in [2.05, 4.69) is 4.99 Å². The number of hydrogen-bond donors (Lipinski definition) is 0. The van der Waals surface area contributed by atoms with E-state index < -0.39 is 0 Å². The highest BCUT2D eigenvalue weighted by atomic mass is 16.1. The fourth-order valence-corrected chi connectivity index (χ4v) is 1.27. The number of nitrogens with zero attached hydrogens (tertiary/aromatic N) is 1. The van der Waals surface area contributed by atoms with Crippen LogP contribution in [-0.2, 0) is 4.79 Å². The predicted octanol–water partition coefficient (Wildman–Crippen LogP) is 1.41. The van der Waals surface area contributed by atoms with Crippen molar-refractivity contribution in [2.75, 3.05) is 0 Å². The van der Waals surface area contributed by atoms with E-state index in [-0.39, 0.29) is 0 Å². The molecule has 2 rings (SSSR count). The van der Waals surface area contributed by atoms with Crippen LogP contribution >= 0.6 is 0 Å². The van der Waals surface area contributed by atoms with Gasteiger partial charge in [0.25, 0.3) is 0 Å². The molecule has 1 heterocycles. The van der Waals surface area contributed by atoms with E-state index in [1.165, 1.54) is 0 Å². The molecule has 0 bridgehead atoms. The summed E-state index contributed by atoms with van der Waals surface area (Å²) in [5, 5.41) is 0. The second-order valence-corrected chi connectivity index (χ2v) is 2.49. The molecule has 0 aromatic heterocycles. The minimum Gasteiger partial charge on any atom is -0.298 e. The monoisotopic (exact) mass is 145 g/mol. The maximum Gasteiger partial charge on any atom is 0.147 e. The summed E-state index contributed by atoms with van der Waals surface area (Å²) in [7, 11) is 0. The lowest BCUT2D eigenvalue weighted by molar-refractivity contribution is -0.105. The molecule has 0 aromatic rings. The van der Waals surface area contributed by atoms with Crippen molar-refractivity contribution >= 4 is 12.0 Å². The molecule has 0 saturated heterocycles. The Bertz CT molecular complexity index is 318. The van der Waals surface area contributed by atoms with Gasteiger partial charge < -0.3 is 0 Å². The van der Waals surface area contributed by atoms with Crippen LogP contribution in [-0.4, -0.2) is 12.0 Å². The van der Waals surface area contributed by atoms with Crippen LogP contribution in [0.5, 0.6) is 0 Å². The number of aldehydes is 1. The molecule has 2 aliphatic rings. The molecule has 1 aliphatic carbocycles. The van der Waals surface area contributed by atoms with Crippen LogP contribution in [0.3, 0.4) is 0 Å². The summed E-state index contributed by atoms with van der Waals surface area (Å²) >= 11 is 0. The topological polar surface area (TPSA) is 29.4 Å². The zero-order valence-corrected chi connectivity index (χ0v) is 5.95. The summed E-state index contributed by atoms with van der Waals surface area (Å²) in [5.74, 6) is 0. The quantitative estimate of drug-likeness (QED) is 0.513. The summed E-state index contributed by atoms with van der Waals surface area (Å²) in [6, 6.07) is 0. The normalized spacial score (nSPS) is 20.2. The van der Waals surface area contributed by atoms with Gasteiger partial charge in [-0.1, -0.05) is 6.08 Å². The Morgan fingerprint density at radius 3 is 3.18 bits per heavy atom. The molecular formula is C9H7NO. The SMILES string of the molecule is O=CC1=C2C=CN=C2C=CC1. The Morgan fingerprint density at radius 2 is 2.36 bits per heavy atom. The molecule has 0 N–H and O–H groups in total. The molecule has 0 aromatic carbocycles. The number of aliphatic imine (C=N–C) groups is 1. The number of allylic oxidation sites excluding steroid dienone is 5. The lowest BCUT2D eigenvalue weighted by Crippen LogP contribution is -2.03. The van der Waals surface area contributed by atoms with Crippen LogP contribution in [0.2, 0.25) is 0 Å². The molecular weight excluding hydrogens is 138 g/mol. The van der Waals surface area contributed by atoms with Crippen molar-refractivity contribution in [3.8, 4) is 0 Å². The molecule has 2 heteroatoms. The minimum atomic E-state index is 0.738. The van der Waals surface area contributed by atoms with E-state index in [1.54, 1.807) is 6.20 Å². The van der Waals surface area contributed by atoms with E-state index in [4.69, 9.17) is 0 Å². The van der Waals surface area contributed by atoms with E-state index >= 15 is 0 Å². The Kier molecular flexibility index (Phi) is 1.32. The maximum atomic E-state index is 10.5. The van der Waals surface area contributed by atoms with Crippen molar-refractivity contribution in [2.24, 2.45) is 4.99 Å². The number of rotatable bonds is 1. The third-order valence-corrected chi connectivity index (χ3v) is 1.83. The molecule has 11 heavy (non-hydrogen) atoms. The highest BCUT2D eigenvalue weighted by molar-refractivity contribution is 6.15. The van der Waals surface area contributed by atoms with Gasteiger partial charge in [-0.3, -0.25) is 9.79 Å². The molecule has 2 nitrogen and oxygen atoms in total. The average Bonchev–Trinajstić information content (AvgIpc) is 2.50. The average molecular weight is 145 g/mol. The van der Waals surface area contributed by atoms with Crippen molar-refractivity contribution in [1.82, 2.24) is 0 Å². The summed E-state index contributed by atoms with van der Waals surface area (Å²) in [6.45, 7) is 0. The Balaban J connectivity index is 2.52. The molecule has 0 amide bonds. The minimum absolute atomic E-state index is 0.738. The fourth-order valence-electron chi connectivity index (χ4n) is 1.27. The van der Waals surface area contributed by atoms with Crippen LogP contribution in [0.4, 0.5) is 0 Å². The van der Waals surface area contributed by atoms with Crippen LogP contribution < -0.4 is 0 Å². The lowest BCUT2D eigenvalue weighted by atomic mass is 9.97. The van der Waals surface area contributed by atoms with E-state index in [9.17, 15) is 4.79 Å². The highest BCUT2D eigenvalue weighted by Gasteiger charge is 2.13. The molecule has 54 valence electrons. The van der Waals surface area contributed by atoms with Gasteiger partial charge in [-0.05, 0) is 18.6 Å². The predicted molar refractivity (Wildman–Crippen MR) is 43.4 cm³/mol. The second-order valence-electron chi connectivity index (χ2n) is 2.49. The fraction of sp³-hybridized carbons (Fsp3) is 0.111. The molecule has 0 radical (unpaired) electrons. The standard InChI is InChI=1S/C9H7NO/c11-6-7-2-1-3-9-8(7)4-5-10-9/h1,3-6H,2H2. The van der Waals surface area contributed by atoms with Gasteiger partial charge in [0, 0.05) is 17.3 Å². The van der Waals surface area contributed by atoms with Gasteiger partial charge in [0.1, 0.15) is 6.29 Å². The highest BCUT2D eigenvalue weighted by Crippen LogP contribution is 2.20. The van der Waals surface area contributed by atoms with Crippen LogP contribution in [0.15, 0.2) is 40.6 Å². The van der Waals surface area contributed by atoms with Gasteiger partial charge >= 0.3 is 0 Å². The zero-order chi connectivity index (χ0) is 7.68. The first kappa shape index (κ1) is 6.28. The van der Waals surface area contributed by atoms with E-state index in [0.29, 0.717) is 0 Å². The molecule has 1 aliphatic heterocycles. The largest absolute Gasteiger partial charge is 0.298 e. The third-order valence-electron chi connectivity index (χ3n) is 1.83. The second kappa shape index (κ2) is 2.31. The Hall–Kier alpha value is -1.44. The first-order valence-electron chi connectivity index (χ1n) is 3.51. The van der Waals surface area contributed by atoms with Gasteiger partial charge in [-0.25, -0.2) is 0 Å². The number of carbonyl (C=O) groups is 1. The molecule has 0 fully saturated rings. The van der Waals surface area contributed by atoms with Crippen molar-refractivity contribution in [3.05, 3.63) is 35.6 Å². The van der Waals surface area contributed by atoms with Gasteiger partial charge in [-0.15, -0.1) is 0 Å². The van der Waals surface area contributed by atoms with Crippen molar-refractivity contribution in [1.29, 1.82) is 0 Å². The summed E-state index contributed by atoms with van der Waals surface area (Å²) in [5.41, 5.74) is 2.74. The molecule has 0 unspecified atom stereocenters. The van der Waals surface area contributed by atoms with Crippen LogP contribution in [0, 0.1) is 0 Å². The number of hydrogen-bond acceptors (Lipinski definition) is 2. The molecule has 0 saturated carbocycles. The number of fused-ring (bicyclic) bond motifs is 1. The van der Waals surface area contributed by atoms with Gasteiger partial charge in [0.05, 0.1) is 5.71 Å². The Morgan fingerprint density at radius 1 is 1.45 bits per heavy atom.